The summed E-state index contributed by atoms with van der Waals surface area (Å²) in [6.07, 6.45) is 1.97. The summed E-state index contributed by atoms with van der Waals surface area (Å²) in [5.74, 6) is 0.564. The van der Waals surface area contributed by atoms with Crippen molar-refractivity contribution in [3.05, 3.63) is 52.4 Å². The first-order chi connectivity index (χ1) is 15.0. The van der Waals surface area contributed by atoms with E-state index in [2.05, 4.69) is 0 Å². The summed E-state index contributed by atoms with van der Waals surface area (Å²) in [6.45, 7) is 5.05. The maximum atomic E-state index is 13.1. The number of aliphatic carboxylic acids is 1. The van der Waals surface area contributed by atoms with Crippen molar-refractivity contribution in [3.63, 3.8) is 0 Å². The zero-order chi connectivity index (χ0) is 22.4. The number of hydrogen-bond acceptors (Lipinski definition) is 7. The number of carboxylic acid groups (broad SMARTS) is 1. The lowest BCUT2D eigenvalue weighted by Crippen LogP contribution is -2.15. The SMILES string of the molecule is CCN.CCc1cc2c(=O)c(-c3ccc4c(c3)OCCO4)coc2cc1OCC(=O)O. The van der Waals surface area contributed by atoms with E-state index in [0.29, 0.717) is 59.0 Å². The molecule has 2 heterocycles. The molecule has 4 rings (SSSR count). The highest BCUT2D eigenvalue weighted by molar-refractivity contribution is 5.84. The Labute approximate surface area is 179 Å². The number of ether oxygens (including phenoxy) is 3. The minimum absolute atomic E-state index is 0.183. The van der Waals surface area contributed by atoms with Crippen molar-refractivity contribution >= 4 is 16.9 Å². The average molecular weight is 427 g/mol. The number of carboxylic acids is 1. The molecule has 0 saturated carbocycles. The predicted molar refractivity (Wildman–Crippen MR) is 116 cm³/mol. The predicted octanol–water partition coefficient (Wildman–Crippen LogP) is 3.22. The van der Waals surface area contributed by atoms with Gasteiger partial charge in [-0.3, -0.25) is 4.79 Å². The maximum absolute atomic E-state index is 13.1. The fourth-order valence-electron chi connectivity index (χ4n) is 3.16. The van der Waals surface area contributed by atoms with E-state index in [1.807, 2.05) is 13.8 Å². The summed E-state index contributed by atoms with van der Waals surface area (Å²) in [5.41, 5.74) is 6.82. The van der Waals surface area contributed by atoms with Crippen LogP contribution < -0.4 is 25.4 Å². The highest BCUT2D eigenvalue weighted by atomic mass is 16.6. The van der Waals surface area contributed by atoms with Gasteiger partial charge in [-0.15, -0.1) is 0 Å². The molecule has 0 fully saturated rings. The minimum atomic E-state index is -1.07. The Kier molecular flexibility index (Phi) is 7.15. The van der Waals surface area contributed by atoms with Crippen molar-refractivity contribution in [2.75, 3.05) is 26.4 Å². The minimum Gasteiger partial charge on any atom is -0.486 e. The summed E-state index contributed by atoms with van der Waals surface area (Å²) in [6, 6.07) is 8.58. The number of hydrogen-bond donors (Lipinski definition) is 2. The molecule has 0 unspecified atom stereocenters. The van der Waals surface area contributed by atoms with Crippen molar-refractivity contribution in [1.82, 2.24) is 0 Å². The summed E-state index contributed by atoms with van der Waals surface area (Å²) >= 11 is 0. The van der Waals surface area contributed by atoms with Crippen LogP contribution in [0.25, 0.3) is 22.1 Å². The Hall–Kier alpha value is -3.52. The van der Waals surface area contributed by atoms with Crippen molar-refractivity contribution in [2.24, 2.45) is 5.73 Å². The molecule has 0 radical (unpaired) electrons. The third-order valence-corrected chi connectivity index (χ3v) is 4.54. The molecule has 8 nitrogen and oxygen atoms in total. The standard InChI is InChI=1S/C21H18O7.C2H7N/c1-2-12-7-14-18(9-17(12)28-11-20(22)23)27-10-15(21(14)24)13-3-4-16-19(8-13)26-6-5-25-16;1-2-3/h3-4,7-10H,2,5-6,11H2,1H3,(H,22,23);2-3H2,1H3. The molecule has 0 bridgehead atoms. The average Bonchev–Trinajstić information content (AvgIpc) is 2.77. The fourth-order valence-corrected chi connectivity index (χ4v) is 3.16. The number of carbonyl (C=O) groups is 1. The maximum Gasteiger partial charge on any atom is 0.341 e. The van der Waals surface area contributed by atoms with E-state index in [9.17, 15) is 9.59 Å². The van der Waals surface area contributed by atoms with Crippen LogP contribution in [-0.4, -0.2) is 37.4 Å². The van der Waals surface area contributed by atoms with Crippen molar-refractivity contribution < 1.29 is 28.5 Å². The lowest BCUT2D eigenvalue weighted by atomic mass is 10.0. The molecule has 0 spiro atoms. The van der Waals surface area contributed by atoms with Gasteiger partial charge in [-0.25, -0.2) is 4.79 Å². The fraction of sp³-hybridized carbons (Fsp3) is 0.304. The molecular weight excluding hydrogens is 402 g/mol. The summed E-state index contributed by atoms with van der Waals surface area (Å²) in [4.78, 5) is 23.9. The van der Waals surface area contributed by atoms with Crippen LogP contribution in [0.3, 0.4) is 0 Å². The first-order valence-corrected chi connectivity index (χ1v) is 10.0. The second-order valence-electron chi connectivity index (χ2n) is 6.74. The molecule has 164 valence electrons. The van der Waals surface area contributed by atoms with Gasteiger partial charge in [-0.1, -0.05) is 19.9 Å². The highest BCUT2D eigenvalue weighted by Crippen LogP contribution is 2.34. The molecule has 3 aromatic rings. The van der Waals surface area contributed by atoms with Crippen LogP contribution >= 0.6 is 0 Å². The summed E-state index contributed by atoms with van der Waals surface area (Å²) in [7, 11) is 0. The van der Waals surface area contributed by atoms with Crippen LogP contribution in [0.1, 0.15) is 19.4 Å². The van der Waals surface area contributed by atoms with E-state index < -0.39 is 12.6 Å². The molecule has 0 amide bonds. The van der Waals surface area contributed by atoms with E-state index in [1.165, 1.54) is 6.26 Å². The van der Waals surface area contributed by atoms with Gasteiger partial charge in [0.15, 0.2) is 18.1 Å². The van der Waals surface area contributed by atoms with Gasteiger partial charge in [0.1, 0.15) is 30.8 Å². The molecule has 0 atom stereocenters. The van der Waals surface area contributed by atoms with E-state index in [4.69, 9.17) is 29.5 Å². The number of rotatable bonds is 5. The summed E-state index contributed by atoms with van der Waals surface area (Å²) in [5, 5.41) is 9.23. The van der Waals surface area contributed by atoms with Gasteiger partial charge in [-0.2, -0.15) is 0 Å². The van der Waals surface area contributed by atoms with Gasteiger partial charge in [0, 0.05) is 6.07 Å². The van der Waals surface area contributed by atoms with E-state index in [0.717, 1.165) is 12.1 Å². The Morgan fingerprint density at radius 1 is 1.13 bits per heavy atom. The normalized spacial score (nSPS) is 12.1. The van der Waals surface area contributed by atoms with E-state index in [-0.39, 0.29) is 5.43 Å². The van der Waals surface area contributed by atoms with E-state index in [1.54, 1.807) is 30.3 Å². The number of benzene rings is 2. The topological polar surface area (TPSA) is 121 Å². The van der Waals surface area contributed by atoms with Crippen LogP contribution in [0.4, 0.5) is 0 Å². The molecule has 0 aliphatic carbocycles. The number of aryl methyl sites for hydroxylation is 1. The Bertz CT molecular complexity index is 1140. The number of fused-ring (bicyclic) bond motifs is 2. The Morgan fingerprint density at radius 3 is 2.52 bits per heavy atom. The zero-order valence-electron chi connectivity index (χ0n) is 17.5. The Balaban J connectivity index is 0.000000858. The molecule has 2 aromatic carbocycles. The second kappa shape index (κ2) is 9.99. The van der Waals surface area contributed by atoms with E-state index >= 15 is 0 Å². The largest absolute Gasteiger partial charge is 0.486 e. The quantitative estimate of drug-likeness (QED) is 0.637. The lowest BCUT2D eigenvalue weighted by molar-refractivity contribution is -0.139. The van der Waals surface area contributed by atoms with Gasteiger partial charge >= 0.3 is 5.97 Å². The first kappa shape index (κ1) is 22.2. The number of nitrogens with two attached hydrogens (primary N) is 1. The van der Waals surface area contributed by atoms with Crippen LogP contribution in [0.5, 0.6) is 17.2 Å². The monoisotopic (exact) mass is 427 g/mol. The molecule has 0 saturated heterocycles. The second-order valence-corrected chi connectivity index (χ2v) is 6.74. The third kappa shape index (κ3) is 4.97. The summed E-state index contributed by atoms with van der Waals surface area (Å²) < 4.78 is 22.1. The van der Waals surface area contributed by atoms with Gasteiger partial charge in [0.2, 0.25) is 5.43 Å². The van der Waals surface area contributed by atoms with Crippen molar-refractivity contribution in [1.29, 1.82) is 0 Å². The molecule has 8 heteroatoms. The Morgan fingerprint density at radius 2 is 1.84 bits per heavy atom. The molecule has 1 aromatic heterocycles. The van der Waals surface area contributed by atoms with Crippen molar-refractivity contribution in [2.45, 2.75) is 20.3 Å². The van der Waals surface area contributed by atoms with Gasteiger partial charge in [-0.05, 0) is 42.3 Å². The van der Waals surface area contributed by atoms with Crippen LogP contribution in [0.15, 0.2) is 45.8 Å². The molecule has 1 aliphatic heterocycles. The van der Waals surface area contributed by atoms with Gasteiger partial charge in [0.05, 0.1) is 10.9 Å². The van der Waals surface area contributed by atoms with Crippen LogP contribution in [0.2, 0.25) is 0 Å². The molecule has 1 aliphatic rings. The molecular formula is C23H25NO7. The molecule has 31 heavy (non-hydrogen) atoms. The zero-order valence-corrected chi connectivity index (χ0v) is 17.5. The van der Waals surface area contributed by atoms with Crippen LogP contribution in [-0.2, 0) is 11.2 Å². The first-order valence-electron chi connectivity index (χ1n) is 10.0. The van der Waals surface area contributed by atoms with Gasteiger partial charge in [0.25, 0.3) is 0 Å². The lowest BCUT2D eigenvalue weighted by Gasteiger charge is -2.18. The third-order valence-electron chi connectivity index (χ3n) is 4.54. The van der Waals surface area contributed by atoms with Gasteiger partial charge < -0.3 is 29.5 Å². The smallest absolute Gasteiger partial charge is 0.341 e. The molecule has 3 N–H and O–H groups in total. The highest BCUT2D eigenvalue weighted by Gasteiger charge is 2.17. The van der Waals surface area contributed by atoms with Crippen LogP contribution in [0, 0.1) is 0 Å². The van der Waals surface area contributed by atoms with Crippen molar-refractivity contribution in [3.8, 4) is 28.4 Å².